The molecule has 2 amide bonds. The number of hydrogen-bond acceptors (Lipinski definition) is 3. The van der Waals surface area contributed by atoms with Crippen molar-refractivity contribution in [2.24, 2.45) is 0 Å². The lowest BCUT2D eigenvalue weighted by Gasteiger charge is -2.32. The number of para-hydroxylation sites is 1. The highest BCUT2D eigenvalue weighted by Gasteiger charge is 2.27. The summed E-state index contributed by atoms with van der Waals surface area (Å²) in [6.45, 7) is 0.322. The second kappa shape index (κ2) is 9.11. The molecule has 0 radical (unpaired) electrons. The monoisotopic (exact) mass is 419 g/mol. The van der Waals surface area contributed by atoms with Gasteiger partial charge in [-0.25, -0.2) is 0 Å². The van der Waals surface area contributed by atoms with Crippen LogP contribution in [-0.2, 0) is 9.59 Å². The largest absolute Gasteiger partial charge is 0.324 e. The lowest BCUT2D eigenvalue weighted by atomic mass is 10.0. The van der Waals surface area contributed by atoms with Crippen molar-refractivity contribution in [3.63, 3.8) is 0 Å². The zero-order chi connectivity index (χ0) is 20.9. The fourth-order valence-electron chi connectivity index (χ4n) is 3.58. The normalized spacial score (nSPS) is 16.4. The van der Waals surface area contributed by atoms with Gasteiger partial charge >= 0.3 is 0 Å². The topological polar surface area (TPSA) is 61.4 Å². The Kier molecular flexibility index (Phi) is 6.12. The van der Waals surface area contributed by atoms with Gasteiger partial charge in [-0.05, 0) is 29.3 Å². The minimum atomic E-state index is -0.224. The summed E-state index contributed by atoms with van der Waals surface area (Å²) in [6.07, 6.45) is 0.301. The number of carbonyl (C=O) groups excluding carboxylic acids is 2. The molecule has 5 nitrogen and oxygen atoms in total. The van der Waals surface area contributed by atoms with Crippen molar-refractivity contribution < 1.29 is 9.59 Å². The number of rotatable bonds is 5. The second-order valence-electron chi connectivity index (χ2n) is 7.22. The molecule has 1 unspecified atom stereocenters. The number of anilines is 1. The molecule has 0 bridgehead atoms. The Hall–Kier alpha value is -3.15. The standard InChI is InChI=1S/C24H22ClN3O2/c25-19-12-10-18(11-13-19)22-14-24(30)28(16-26-22)15-23(29)27-21-9-5-4-8-20(21)17-6-2-1-3-7-17/h1-13,22,26H,14-16H2,(H,27,29). The molecule has 0 aromatic heterocycles. The molecular weight excluding hydrogens is 398 g/mol. The van der Waals surface area contributed by atoms with Crippen molar-refractivity contribution in [3.8, 4) is 11.1 Å². The molecule has 1 atom stereocenters. The summed E-state index contributed by atoms with van der Waals surface area (Å²) in [5.74, 6) is -0.279. The SMILES string of the molecule is O=C(CN1CNC(c2ccc(Cl)cc2)CC1=O)Nc1ccccc1-c1ccccc1. The maximum Gasteiger partial charge on any atom is 0.244 e. The van der Waals surface area contributed by atoms with Crippen LogP contribution in [0.2, 0.25) is 5.02 Å². The van der Waals surface area contributed by atoms with Gasteiger partial charge in [0.05, 0.1) is 6.67 Å². The zero-order valence-electron chi connectivity index (χ0n) is 16.3. The van der Waals surface area contributed by atoms with Gasteiger partial charge in [-0.2, -0.15) is 0 Å². The fraction of sp³-hybridized carbons (Fsp3) is 0.167. The Balaban J connectivity index is 1.39. The first kappa shape index (κ1) is 20.1. The molecule has 0 spiro atoms. The van der Waals surface area contributed by atoms with E-state index in [1.807, 2.05) is 78.9 Å². The Labute approximate surface area is 180 Å². The smallest absolute Gasteiger partial charge is 0.244 e. The number of benzene rings is 3. The van der Waals surface area contributed by atoms with E-state index in [4.69, 9.17) is 11.6 Å². The van der Waals surface area contributed by atoms with Crippen LogP contribution >= 0.6 is 11.6 Å². The third-order valence-electron chi connectivity index (χ3n) is 5.15. The third kappa shape index (κ3) is 4.70. The summed E-state index contributed by atoms with van der Waals surface area (Å²) >= 11 is 5.94. The van der Waals surface area contributed by atoms with Gasteiger partial charge < -0.3 is 10.2 Å². The molecule has 0 aliphatic carbocycles. The molecule has 1 aliphatic rings. The van der Waals surface area contributed by atoms with E-state index in [-0.39, 0.29) is 24.4 Å². The highest BCUT2D eigenvalue weighted by atomic mass is 35.5. The summed E-state index contributed by atoms with van der Waals surface area (Å²) in [7, 11) is 0. The molecule has 6 heteroatoms. The van der Waals surface area contributed by atoms with Crippen LogP contribution < -0.4 is 10.6 Å². The Morgan fingerprint density at radius 2 is 1.70 bits per heavy atom. The van der Waals surface area contributed by atoms with Crippen molar-refractivity contribution in [1.82, 2.24) is 10.2 Å². The molecule has 4 rings (SSSR count). The number of nitrogens with zero attached hydrogens (tertiary/aromatic N) is 1. The van der Waals surface area contributed by atoms with Crippen molar-refractivity contribution in [2.45, 2.75) is 12.5 Å². The van der Waals surface area contributed by atoms with Crippen LogP contribution in [0.5, 0.6) is 0 Å². The van der Waals surface area contributed by atoms with E-state index < -0.39 is 0 Å². The molecule has 152 valence electrons. The van der Waals surface area contributed by atoms with Crippen LogP contribution in [-0.4, -0.2) is 29.9 Å². The molecule has 1 fully saturated rings. The van der Waals surface area contributed by atoms with Crippen LogP contribution in [0.25, 0.3) is 11.1 Å². The van der Waals surface area contributed by atoms with Crippen molar-refractivity contribution in [3.05, 3.63) is 89.4 Å². The Morgan fingerprint density at radius 1 is 1.00 bits per heavy atom. The molecule has 1 heterocycles. The first-order valence-corrected chi connectivity index (χ1v) is 10.2. The summed E-state index contributed by atoms with van der Waals surface area (Å²) in [6, 6.07) is 24.9. The number of halogens is 1. The predicted octanol–water partition coefficient (Wildman–Crippen LogP) is 4.47. The maximum atomic E-state index is 12.7. The van der Waals surface area contributed by atoms with E-state index in [1.165, 1.54) is 4.90 Å². The molecular formula is C24H22ClN3O2. The molecule has 1 aliphatic heterocycles. The fourth-order valence-corrected chi connectivity index (χ4v) is 3.71. The van der Waals surface area contributed by atoms with E-state index in [2.05, 4.69) is 10.6 Å². The van der Waals surface area contributed by atoms with Gasteiger partial charge in [0.15, 0.2) is 0 Å². The highest BCUT2D eigenvalue weighted by Crippen LogP contribution is 2.28. The molecule has 0 saturated carbocycles. The lowest BCUT2D eigenvalue weighted by molar-refractivity contribution is -0.138. The number of amides is 2. The zero-order valence-corrected chi connectivity index (χ0v) is 17.1. The van der Waals surface area contributed by atoms with Gasteiger partial charge in [-0.1, -0.05) is 72.3 Å². The van der Waals surface area contributed by atoms with E-state index in [0.717, 1.165) is 22.4 Å². The molecule has 30 heavy (non-hydrogen) atoms. The predicted molar refractivity (Wildman–Crippen MR) is 119 cm³/mol. The van der Waals surface area contributed by atoms with Gasteiger partial charge in [0.1, 0.15) is 6.54 Å². The van der Waals surface area contributed by atoms with Crippen LogP contribution in [0.4, 0.5) is 5.69 Å². The third-order valence-corrected chi connectivity index (χ3v) is 5.40. The average molecular weight is 420 g/mol. The van der Waals surface area contributed by atoms with Gasteiger partial charge in [0, 0.05) is 28.7 Å². The first-order chi connectivity index (χ1) is 14.6. The molecule has 3 aromatic carbocycles. The number of carbonyl (C=O) groups is 2. The van der Waals surface area contributed by atoms with Crippen molar-refractivity contribution in [1.29, 1.82) is 0 Å². The second-order valence-corrected chi connectivity index (χ2v) is 7.66. The van der Waals surface area contributed by atoms with E-state index in [1.54, 1.807) is 0 Å². The first-order valence-electron chi connectivity index (χ1n) is 9.81. The van der Waals surface area contributed by atoms with Gasteiger partial charge in [0.2, 0.25) is 11.8 Å². The Bertz CT molecular complexity index is 1040. The minimum Gasteiger partial charge on any atom is -0.324 e. The number of nitrogens with one attached hydrogen (secondary N) is 2. The van der Waals surface area contributed by atoms with E-state index in [9.17, 15) is 9.59 Å². The lowest BCUT2D eigenvalue weighted by Crippen LogP contribution is -2.49. The number of hydrogen-bond donors (Lipinski definition) is 2. The van der Waals surface area contributed by atoms with Gasteiger partial charge in [-0.15, -0.1) is 0 Å². The van der Waals surface area contributed by atoms with Crippen molar-refractivity contribution in [2.75, 3.05) is 18.5 Å². The van der Waals surface area contributed by atoms with E-state index in [0.29, 0.717) is 18.1 Å². The molecule has 1 saturated heterocycles. The van der Waals surface area contributed by atoms with E-state index >= 15 is 0 Å². The summed E-state index contributed by atoms with van der Waals surface area (Å²) in [5, 5.41) is 6.94. The average Bonchev–Trinajstić information content (AvgIpc) is 2.77. The molecule has 3 aromatic rings. The van der Waals surface area contributed by atoms with Crippen LogP contribution in [0, 0.1) is 0 Å². The molecule has 2 N–H and O–H groups in total. The summed E-state index contributed by atoms with van der Waals surface area (Å²) in [4.78, 5) is 26.8. The Morgan fingerprint density at radius 3 is 2.43 bits per heavy atom. The van der Waals surface area contributed by atoms with Gasteiger partial charge in [-0.3, -0.25) is 14.9 Å². The van der Waals surface area contributed by atoms with Crippen LogP contribution in [0.3, 0.4) is 0 Å². The van der Waals surface area contributed by atoms with Crippen molar-refractivity contribution >= 4 is 29.1 Å². The van der Waals surface area contributed by atoms with Gasteiger partial charge in [0.25, 0.3) is 0 Å². The minimum absolute atomic E-state index is 0.00228. The highest BCUT2D eigenvalue weighted by molar-refractivity contribution is 6.30. The summed E-state index contributed by atoms with van der Waals surface area (Å²) in [5.41, 5.74) is 3.70. The quantitative estimate of drug-likeness (QED) is 0.641. The maximum absolute atomic E-state index is 12.7. The summed E-state index contributed by atoms with van der Waals surface area (Å²) < 4.78 is 0. The van der Waals surface area contributed by atoms with Crippen LogP contribution in [0.15, 0.2) is 78.9 Å². The van der Waals surface area contributed by atoms with Crippen LogP contribution in [0.1, 0.15) is 18.0 Å².